The standard InChI is InChI=1S/C24H25ClN4O6S/c1-5-29-20(12-35-19-9-7-16(25)10-14(19)2)27-28-24(29)36-13-21(30)26-18-11-15(22(31)33-3)6-8-17(18)23(32)34-4/h6-11H,5,12-13H2,1-4H3,(H,26,30). The molecule has 0 saturated heterocycles. The van der Waals surface area contributed by atoms with Gasteiger partial charge in [0.05, 0.1) is 36.8 Å². The van der Waals surface area contributed by atoms with E-state index in [2.05, 4.69) is 15.5 Å². The molecule has 0 fully saturated rings. The van der Waals surface area contributed by atoms with Gasteiger partial charge in [0, 0.05) is 11.6 Å². The van der Waals surface area contributed by atoms with Crippen LogP contribution in [0.5, 0.6) is 5.75 Å². The number of rotatable bonds is 10. The molecule has 0 saturated carbocycles. The number of carbonyl (C=O) groups is 3. The van der Waals surface area contributed by atoms with Crippen molar-refractivity contribution in [1.82, 2.24) is 14.8 Å². The van der Waals surface area contributed by atoms with Crippen molar-refractivity contribution in [3.05, 3.63) is 63.9 Å². The number of hydrogen-bond donors (Lipinski definition) is 1. The van der Waals surface area contributed by atoms with E-state index in [1.807, 2.05) is 24.5 Å². The number of aryl methyl sites for hydroxylation is 1. The summed E-state index contributed by atoms with van der Waals surface area (Å²) >= 11 is 7.17. The van der Waals surface area contributed by atoms with Crippen molar-refractivity contribution in [3.63, 3.8) is 0 Å². The summed E-state index contributed by atoms with van der Waals surface area (Å²) in [7, 11) is 2.47. The average molecular weight is 533 g/mol. The van der Waals surface area contributed by atoms with Crippen LogP contribution in [0.4, 0.5) is 5.69 Å². The second-order valence-electron chi connectivity index (χ2n) is 7.42. The second kappa shape index (κ2) is 12.4. The number of nitrogens with one attached hydrogen (secondary N) is 1. The van der Waals surface area contributed by atoms with E-state index in [1.54, 1.807) is 12.1 Å². The van der Waals surface area contributed by atoms with Gasteiger partial charge in [-0.25, -0.2) is 9.59 Å². The number of aromatic nitrogens is 3. The van der Waals surface area contributed by atoms with Gasteiger partial charge < -0.3 is 24.1 Å². The zero-order valence-electron chi connectivity index (χ0n) is 20.2. The van der Waals surface area contributed by atoms with Crippen LogP contribution in [0.3, 0.4) is 0 Å². The number of methoxy groups -OCH3 is 2. The Balaban J connectivity index is 1.68. The van der Waals surface area contributed by atoms with Crippen LogP contribution in [-0.4, -0.2) is 52.6 Å². The van der Waals surface area contributed by atoms with Crippen LogP contribution in [0.2, 0.25) is 5.02 Å². The number of ether oxygens (including phenoxy) is 3. The van der Waals surface area contributed by atoms with Gasteiger partial charge >= 0.3 is 11.9 Å². The Morgan fingerprint density at radius 1 is 1.06 bits per heavy atom. The largest absolute Gasteiger partial charge is 0.485 e. The lowest BCUT2D eigenvalue weighted by atomic mass is 10.1. The molecular formula is C24H25ClN4O6S. The first-order chi connectivity index (χ1) is 17.3. The summed E-state index contributed by atoms with van der Waals surface area (Å²) in [6.07, 6.45) is 0. The van der Waals surface area contributed by atoms with Gasteiger partial charge in [-0.2, -0.15) is 0 Å². The Kier molecular flexibility index (Phi) is 9.31. The summed E-state index contributed by atoms with van der Waals surface area (Å²) in [5.74, 6) is -0.384. The third-order valence-corrected chi connectivity index (χ3v) is 6.26. The van der Waals surface area contributed by atoms with E-state index in [1.165, 1.54) is 44.2 Å². The van der Waals surface area contributed by atoms with Gasteiger partial charge in [0.1, 0.15) is 12.4 Å². The van der Waals surface area contributed by atoms with E-state index in [4.69, 9.17) is 25.8 Å². The molecule has 3 rings (SSSR count). The topological polar surface area (TPSA) is 122 Å². The van der Waals surface area contributed by atoms with Gasteiger partial charge in [-0.3, -0.25) is 4.79 Å². The number of amides is 1. The molecule has 0 atom stereocenters. The molecule has 0 spiro atoms. The Morgan fingerprint density at radius 3 is 2.47 bits per heavy atom. The van der Waals surface area contributed by atoms with Crippen molar-refractivity contribution in [2.45, 2.75) is 32.2 Å². The molecule has 0 bridgehead atoms. The highest BCUT2D eigenvalue weighted by molar-refractivity contribution is 7.99. The molecule has 0 aliphatic rings. The van der Waals surface area contributed by atoms with E-state index in [9.17, 15) is 14.4 Å². The fraction of sp³-hybridized carbons (Fsp3) is 0.292. The smallest absolute Gasteiger partial charge is 0.339 e. The highest BCUT2D eigenvalue weighted by Gasteiger charge is 2.19. The highest BCUT2D eigenvalue weighted by atomic mass is 35.5. The Bertz CT molecular complexity index is 1280. The molecule has 12 heteroatoms. The third-order valence-electron chi connectivity index (χ3n) is 5.06. The number of hydrogen-bond acceptors (Lipinski definition) is 9. The summed E-state index contributed by atoms with van der Waals surface area (Å²) < 4.78 is 17.2. The van der Waals surface area contributed by atoms with Gasteiger partial charge in [-0.05, 0) is 55.8 Å². The molecule has 1 amide bonds. The lowest BCUT2D eigenvalue weighted by Gasteiger charge is -2.12. The summed E-state index contributed by atoms with van der Waals surface area (Å²) in [5.41, 5.74) is 1.33. The van der Waals surface area contributed by atoms with Crippen LogP contribution in [0.15, 0.2) is 41.6 Å². The van der Waals surface area contributed by atoms with Crippen molar-refractivity contribution in [2.24, 2.45) is 0 Å². The molecular weight excluding hydrogens is 508 g/mol. The maximum Gasteiger partial charge on any atom is 0.339 e. The lowest BCUT2D eigenvalue weighted by Crippen LogP contribution is -2.18. The van der Waals surface area contributed by atoms with Crippen LogP contribution in [0.25, 0.3) is 0 Å². The minimum absolute atomic E-state index is 0.0155. The van der Waals surface area contributed by atoms with Crippen LogP contribution >= 0.6 is 23.4 Å². The monoisotopic (exact) mass is 532 g/mol. The van der Waals surface area contributed by atoms with E-state index in [0.717, 1.165) is 5.56 Å². The number of anilines is 1. The summed E-state index contributed by atoms with van der Waals surface area (Å²) in [6, 6.07) is 9.53. The molecule has 10 nitrogen and oxygen atoms in total. The van der Waals surface area contributed by atoms with E-state index < -0.39 is 17.8 Å². The van der Waals surface area contributed by atoms with Crippen molar-refractivity contribution in [3.8, 4) is 5.75 Å². The van der Waals surface area contributed by atoms with Gasteiger partial charge in [0.2, 0.25) is 5.91 Å². The molecule has 2 aromatic carbocycles. The number of benzene rings is 2. The molecule has 3 aromatic rings. The number of thioether (sulfide) groups is 1. The maximum absolute atomic E-state index is 12.7. The van der Waals surface area contributed by atoms with Gasteiger partial charge in [-0.1, -0.05) is 23.4 Å². The molecule has 0 aliphatic carbocycles. The van der Waals surface area contributed by atoms with E-state index >= 15 is 0 Å². The Hall–Kier alpha value is -3.57. The van der Waals surface area contributed by atoms with Crippen LogP contribution in [0.1, 0.15) is 39.0 Å². The van der Waals surface area contributed by atoms with Gasteiger partial charge in [0.25, 0.3) is 0 Å². The molecule has 0 radical (unpaired) electrons. The fourth-order valence-electron chi connectivity index (χ4n) is 3.26. The predicted molar refractivity (Wildman–Crippen MR) is 135 cm³/mol. The number of halogens is 1. The predicted octanol–water partition coefficient (Wildman–Crippen LogP) is 4.14. The summed E-state index contributed by atoms with van der Waals surface area (Å²) in [6.45, 7) is 4.60. The molecule has 0 unspecified atom stereocenters. The molecule has 1 N–H and O–H groups in total. The number of nitrogens with zero attached hydrogens (tertiary/aromatic N) is 3. The van der Waals surface area contributed by atoms with E-state index in [-0.39, 0.29) is 29.2 Å². The van der Waals surface area contributed by atoms with Crippen LogP contribution in [-0.2, 0) is 27.4 Å². The third kappa shape index (κ3) is 6.55. The zero-order valence-corrected chi connectivity index (χ0v) is 21.7. The highest BCUT2D eigenvalue weighted by Crippen LogP contribution is 2.24. The lowest BCUT2D eigenvalue weighted by molar-refractivity contribution is -0.113. The summed E-state index contributed by atoms with van der Waals surface area (Å²) in [4.78, 5) is 36.7. The Morgan fingerprint density at radius 2 is 1.81 bits per heavy atom. The summed E-state index contributed by atoms with van der Waals surface area (Å²) in [5, 5.41) is 12.2. The van der Waals surface area contributed by atoms with Gasteiger partial charge in [0.15, 0.2) is 11.0 Å². The van der Waals surface area contributed by atoms with Crippen LogP contribution in [0, 0.1) is 6.92 Å². The number of carbonyl (C=O) groups excluding carboxylic acids is 3. The minimum Gasteiger partial charge on any atom is -0.485 e. The zero-order chi connectivity index (χ0) is 26.2. The normalized spacial score (nSPS) is 10.6. The van der Waals surface area contributed by atoms with Crippen molar-refractivity contribution in [1.29, 1.82) is 0 Å². The molecule has 1 heterocycles. The van der Waals surface area contributed by atoms with Crippen molar-refractivity contribution >= 4 is 46.9 Å². The van der Waals surface area contributed by atoms with Crippen molar-refractivity contribution < 1.29 is 28.6 Å². The molecule has 1 aromatic heterocycles. The second-order valence-corrected chi connectivity index (χ2v) is 8.80. The molecule has 36 heavy (non-hydrogen) atoms. The SMILES string of the molecule is CCn1c(COc2ccc(Cl)cc2C)nnc1SCC(=O)Nc1cc(C(=O)OC)ccc1C(=O)OC. The van der Waals surface area contributed by atoms with E-state index in [0.29, 0.717) is 28.3 Å². The average Bonchev–Trinajstić information content (AvgIpc) is 3.27. The Labute approximate surface area is 217 Å². The maximum atomic E-state index is 12.7. The first kappa shape index (κ1) is 27.0. The number of esters is 2. The van der Waals surface area contributed by atoms with Gasteiger partial charge in [-0.15, -0.1) is 10.2 Å². The van der Waals surface area contributed by atoms with Crippen molar-refractivity contribution in [2.75, 3.05) is 25.3 Å². The quantitative estimate of drug-likeness (QED) is 0.303. The fourth-order valence-corrected chi connectivity index (χ4v) is 4.31. The molecule has 0 aliphatic heterocycles. The van der Waals surface area contributed by atoms with Crippen LogP contribution < -0.4 is 10.1 Å². The molecule has 190 valence electrons. The first-order valence-electron chi connectivity index (χ1n) is 10.8. The minimum atomic E-state index is -0.652. The first-order valence-corrected chi connectivity index (χ1v) is 12.2.